The third-order valence-corrected chi connectivity index (χ3v) is 2.33. The van der Waals surface area contributed by atoms with Gasteiger partial charge in [0, 0.05) is 12.6 Å². The lowest BCUT2D eigenvalue weighted by molar-refractivity contribution is -0.141. The van der Waals surface area contributed by atoms with Gasteiger partial charge in [-0.05, 0) is 12.5 Å². The standard InChI is InChI=1S/C12H16N2O4/c1-3-7-14(8-11(16)18-2)12(17)9-5-4-6-10(15)13-9/h4-6H,3,7-8H2,1-2H3,(H,13,15). The summed E-state index contributed by atoms with van der Waals surface area (Å²) in [5, 5.41) is 0. The van der Waals surface area contributed by atoms with E-state index in [0.29, 0.717) is 13.0 Å². The van der Waals surface area contributed by atoms with Crippen LogP contribution < -0.4 is 5.56 Å². The Morgan fingerprint density at radius 2 is 2.11 bits per heavy atom. The van der Waals surface area contributed by atoms with Gasteiger partial charge in [-0.1, -0.05) is 13.0 Å². The first-order valence-corrected chi connectivity index (χ1v) is 5.64. The fourth-order valence-electron chi connectivity index (χ4n) is 1.49. The molecule has 0 radical (unpaired) electrons. The molecular weight excluding hydrogens is 236 g/mol. The van der Waals surface area contributed by atoms with Crippen molar-refractivity contribution in [3.8, 4) is 0 Å². The van der Waals surface area contributed by atoms with Gasteiger partial charge in [0.15, 0.2) is 0 Å². The van der Waals surface area contributed by atoms with Crippen molar-refractivity contribution in [3.63, 3.8) is 0 Å². The minimum atomic E-state index is -0.491. The van der Waals surface area contributed by atoms with Gasteiger partial charge in [0.05, 0.1) is 7.11 Å². The predicted molar refractivity (Wildman–Crippen MR) is 65.3 cm³/mol. The van der Waals surface area contributed by atoms with Gasteiger partial charge in [0.2, 0.25) is 5.56 Å². The van der Waals surface area contributed by atoms with Gasteiger partial charge in [0.1, 0.15) is 12.2 Å². The second kappa shape index (κ2) is 6.58. The van der Waals surface area contributed by atoms with E-state index >= 15 is 0 Å². The predicted octanol–water partition coefficient (Wildman–Crippen LogP) is 0.400. The zero-order valence-electron chi connectivity index (χ0n) is 10.4. The Morgan fingerprint density at radius 3 is 2.67 bits per heavy atom. The van der Waals surface area contributed by atoms with Gasteiger partial charge in [-0.3, -0.25) is 14.4 Å². The number of aromatic amines is 1. The molecular formula is C12H16N2O4. The highest BCUT2D eigenvalue weighted by atomic mass is 16.5. The van der Waals surface area contributed by atoms with E-state index in [1.165, 1.54) is 30.2 Å². The van der Waals surface area contributed by atoms with Gasteiger partial charge in [-0.2, -0.15) is 0 Å². The van der Waals surface area contributed by atoms with E-state index in [9.17, 15) is 14.4 Å². The molecule has 6 nitrogen and oxygen atoms in total. The third kappa shape index (κ3) is 3.73. The van der Waals surface area contributed by atoms with Crippen LogP contribution in [0.5, 0.6) is 0 Å². The summed E-state index contributed by atoms with van der Waals surface area (Å²) in [4.78, 5) is 38.2. The van der Waals surface area contributed by atoms with Crippen LogP contribution in [0.1, 0.15) is 23.8 Å². The Balaban J connectivity index is 2.88. The van der Waals surface area contributed by atoms with Crippen LogP contribution in [0, 0.1) is 0 Å². The molecule has 6 heteroatoms. The average molecular weight is 252 g/mol. The van der Waals surface area contributed by atoms with Gasteiger partial charge < -0.3 is 14.6 Å². The molecule has 1 rings (SSSR count). The Hall–Kier alpha value is -2.11. The second-order valence-electron chi connectivity index (χ2n) is 3.73. The van der Waals surface area contributed by atoms with Crippen molar-refractivity contribution in [2.24, 2.45) is 0 Å². The van der Waals surface area contributed by atoms with Crippen LogP contribution in [0.2, 0.25) is 0 Å². The first-order valence-electron chi connectivity index (χ1n) is 5.64. The van der Waals surface area contributed by atoms with Crippen molar-refractivity contribution in [1.82, 2.24) is 9.88 Å². The molecule has 1 aromatic rings. The summed E-state index contributed by atoms with van der Waals surface area (Å²) in [5.74, 6) is -0.880. The SMILES string of the molecule is CCCN(CC(=O)OC)C(=O)c1cccc(=O)[nH]1. The maximum Gasteiger partial charge on any atom is 0.325 e. The Morgan fingerprint density at radius 1 is 1.39 bits per heavy atom. The number of carbonyl (C=O) groups excluding carboxylic acids is 2. The Labute approximate surface area is 105 Å². The molecule has 0 aromatic carbocycles. The summed E-state index contributed by atoms with van der Waals surface area (Å²) in [6.45, 7) is 2.19. The van der Waals surface area contributed by atoms with Gasteiger partial charge in [-0.15, -0.1) is 0 Å². The molecule has 0 aliphatic heterocycles. The van der Waals surface area contributed by atoms with Crippen molar-refractivity contribution >= 4 is 11.9 Å². The molecule has 98 valence electrons. The number of amides is 1. The molecule has 0 atom stereocenters. The van der Waals surface area contributed by atoms with Crippen LogP contribution in [-0.2, 0) is 9.53 Å². The fraction of sp³-hybridized carbons (Fsp3) is 0.417. The lowest BCUT2D eigenvalue weighted by Crippen LogP contribution is -2.37. The molecule has 0 fully saturated rings. The number of carbonyl (C=O) groups is 2. The minimum absolute atomic E-state index is 0.125. The molecule has 0 aliphatic rings. The van der Waals surface area contributed by atoms with Gasteiger partial charge >= 0.3 is 5.97 Å². The molecule has 1 aromatic heterocycles. The van der Waals surface area contributed by atoms with E-state index < -0.39 is 5.97 Å². The van der Waals surface area contributed by atoms with Crippen LogP contribution in [0.3, 0.4) is 0 Å². The molecule has 0 aliphatic carbocycles. The molecule has 0 saturated heterocycles. The highest BCUT2D eigenvalue weighted by Crippen LogP contribution is 2.01. The van der Waals surface area contributed by atoms with Crippen LogP contribution in [0.4, 0.5) is 0 Å². The quantitative estimate of drug-likeness (QED) is 0.769. The van der Waals surface area contributed by atoms with E-state index in [2.05, 4.69) is 9.72 Å². The van der Waals surface area contributed by atoms with Crippen molar-refractivity contribution in [2.75, 3.05) is 20.2 Å². The van der Waals surface area contributed by atoms with Gasteiger partial charge in [-0.25, -0.2) is 0 Å². The van der Waals surface area contributed by atoms with Gasteiger partial charge in [0.25, 0.3) is 5.91 Å². The first-order chi connectivity index (χ1) is 8.58. The van der Waals surface area contributed by atoms with E-state index in [1.807, 2.05) is 6.92 Å². The highest BCUT2D eigenvalue weighted by Gasteiger charge is 2.18. The third-order valence-electron chi connectivity index (χ3n) is 2.33. The van der Waals surface area contributed by atoms with E-state index in [1.54, 1.807) is 0 Å². The molecule has 0 unspecified atom stereocenters. The van der Waals surface area contributed by atoms with Crippen LogP contribution in [0.15, 0.2) is 23.0 Å². The summed E-state index contributed by atoms with van der Waals surface area (Å²) >= 11 is 0. The summed E-state index contributed by atoms with van der Waals surface area (Å²) in [7, 11) is 1.27. The molecule has 1 heterocycles. The lowest BCUT2D eigenvalue weighted by atomic mass is 10.3. The van der Waals surface area contributed by atoms with Crippen LogP contribution >= 0.6 is 0 Å². The summed E-state index contributed by atoms with van der Waals surface area (Å²) in [5.41, 5.74) is -0.185. The number of aromatic nitrogens is 1. The molecule has 0 spiro atoms. The Kier molecular flexibility index (Phi) is 5.10. The van der Waals surface area contributed by atoms with Crippen LogP contribution in [-0.4, -0.2) is 42.0 Å². The normalized spacial score (nSPS) is 9.89. The number of ether oxygens (including phenoxy) is 1. The highest BCUT2D eigenvalue weighted by molar-refractivity contribution is 5.94. The zero-order valence-corrected chi connectivity index (χ0v) is 10.4. The monoisotopic (exact) mass is 252 g/mol. The number of nitrogens with one attached hydrogen (secondary N) is 1. The van der Waals surface area contributed by atoms with E-state index in [4.69, 9.17) is 0 Å². The number of rotatable bonds is 5. The minimum Gasteiger partial charge on any atom is -0.468 e. The van der Waals surface area contributed by atoms with Crippen molar-refractivity contribution in [1.29, 1.82) is 0 Å². The van der Waals surface area contributed by atoms with Crippen molar-refractivity contribution in [2.45, 2.75) is 13.3 Å². The number of pyridine rings is 1. The zero-order chi connectivity index (χ0) is 13.5. The summed E-state index contributed by atoms with van der Waals surface area (Å²) < 4.78 is 4.53. The number of nitrogens with zero attached hydrogens (tertiary/aromatic N) is 1. The molecule has 0 bridgehead atoms. The molecule has 1 N–H and O–H groups in total. The van der Waals surface area contributed by atoms with E-state index in [0.717, 1.165) is 0 Å². The molecule has 0 saturated carbocycles. The second-order valence-corrected chi connectivity index (χ2v) is 3.73. The first kappa shape index (κ1) is 14.0. The number of esters is 1. The molecule has 18 heavy (non-hydrogen) atoms. The number of hydrogen-bond acceptors (Lipinski definition) is 4. The van der Waals surface area contributed by atoms with E-state index in [-0.39, 0.29) is 23.7 Å². The lowest BCUT2D eigenvalue weighted by Gasteiger charge is -2.20. The Bertz CT molecular complexity index is 481. The largest absolute Gasteiger partial charge is 0.468 e. The van der Waals surface area contributed by atoms with Crippen molar-refractivity contribution < 1.29 is 14.3 Å². The molecule has 1 amide bonds. The smallest absolute Gasteiger partial charge is 0.325 e. The maximum absolute atomic E-state index is 12.1. The summed E-state index contributed by atoms with van der Waals surface area (Å²) in [6, 6.07) is 4.32. The average Bonchev–Trinajstić information content (AvgIpc) is 2.37. The summed E-state index contributed by atoms with van der Waals surface area (Å²) in [6.07, 6.45) is 0.708. The topological polar surface area (TPSA) is 79.5 Å². The van der Waals surface area contributed by atoms with Crippen molar-refractivity contribution in [3.05, 3.63) is 34.2 Å². The fourth-order valence-corrected chi connectivity index (χ4v) is 1.49. The maximum atomic E-state index is 12.1. The number of hydrogen-bond donors (Lipinski definition) is 1. The number of H-pyrrole nitrogens is 1. The van der Waals surface area contributed by atoms with Crippen LogP contribution in [0.25, 0.3) is 0 Å². The number of methoxy groups -OCH3 is 1.